The van der Waals surface area contributed by atoms with Crippen molar-refractivity contribution < 1.29 is 4.74 Å². The quantitative estimate of drug-likeness (QED) is 0.829. The molecule has 0 fully saturated rings. The minimum absolute atomic E-state index is 0.218. The van der Waals surface area contributed by atoms with E-state index >= 15 is 0 Å². The lowest BCUT2D eigenvalue weighted by molar-refractivity contribution is 0.0226. The van der Waals surface area contributed by atoms with Crippen molar-refractivity contribution in [2.45, 2.75) is 59.1 Å². The first-order valence-corrected chi connectivity index (χ1v) is 6.34. The number of rotatable bonds is 6. The Morgan fingerprint density at radius 3 is 2.47 bits per heavy atom. The van der Waals surface area contributed by atoms with Gasteiger partial charge in [-0.2, -0.15) is 0 Å². The molecule has 0 spiro atoms. The van der Waals surface area contributed by atoms with Crippen LogP contribution in [-0.4, -0.2) is 22.3 Å². The summed E-state index contributed by atoms with van der Waals surface area (Å²) in [4.78, 5) is 4.66. The number of ether oxygens (including phenoxy) is 1. The van der Waals surface area contributed by atoms with Crippen LogP contribution in [0.3, 0.4) is 0 Å². The molecule has 1 rings (SSSR count). The number of nitrogens with two attached hydrogens (primary N) is 1. The van der Waals surface area contributed by atoms with Gasteiger partial charge in [-0.3, -0.25) is 0 Å². The second kappa shape index (κ2) is 5.54. The van der Waals surface area contributed by atoms with Crippen molar-refractivity contribution in [2.24, 2.45) is 0 Å². The van der Waals surface area contributed by atoms with E-state index in [1.807, 2.05) is 0 Å². The van der Waals surface area contributed by atoms with Gasteiger partial charge < -0.3 is 15.0 Å². The molecule has 17 heavy (non-hydrogen) atoms. The molecule has 2 N–H and O–H groups in total. The minimum atomic E-state index is -0.218. The molecule has 0 radical (unpaired) electrons. The molecule has 4 nitrogen and oxygen atoms in total. The summed E-state index contributed by atoms with van der Waals surface area (Å²) in [5.41, 5.74) is 6.89. The van der Waals surface area contributed by atoms with E-state index in [-0.39, 0.29) is 5.60 Å². The van der Waals surface area contributed by atoms with Gasteiger partial charge in [0.25, 0.3) is 0 Å². The van der Waals surface area contributed by atoms with Crippen LogP contribution >= 0.6 is 0 Å². The summed E-state index contributed by atoms with van der Waals surface area (Å²) in [6.07, 6.45) is 2.81. The second-order valence-electron chi connectivity index (χ2n) is 4.99. The molecule has 0 aliphatic carbocycles. The predicted molar refractivity (Wildman–Crippen MR) is 71.1 cm³/mol. The van der Waals surface area contributed by atoms with Gasteiger partial charge in [-0.15, -0.1) is 0 Å². The van der Waals surface area contributed by atoms with Crippen molar-refractivity contribution in [1.82, 2.24) is 9.55 Å². The Morgan fingerprint density at radius 2 is 2.00 bits per heavy atom. The molecule has 0 aliphatic rings. The largest absolute Gasteiger partial charge is 0.384 e. The highest BCUT2D eigenvalue weighted by Gasteiger charge is 2.22. The van der Waals surface area contributed by atoms with E-state index in [1.165, 1.54) is 0 Å². The summed E-state index contributed by atoms with van der Waals surface area (Å²) in [6.45, 7) is 9.24. The van der Waals surface area contributed by atoms with Gasteiger partial charge in [0.05, 0.1) is 11.3 Å². The Kier molecular flexibility index (Phi) is 4.57. The van der Waals surface area contributed by atoms with Crippen molar-refractivity contribution in [2.75, 3.05) is 12.8 Å². The van der Waals surface area contributed by atoms with E-state index in [0.717, 1.165) is 43.1 Å². The predicted octanol–water partition coefficient (Wildman–Crippen LogP) is 2.41. The number of methoxy groups -OCH3 is 1. The Labute approximate surface area is 104 Å². The van der Waals surface area contributed by atoms with E-state index in [2.05, 4.69) is 37.2 Å². The molecule has 0 saturated carbocycles. The standard InChI is InChI=1S/C13H25N3O/c1-6-8-11-15-10(9-13(3,4)17-5)12(14)16(11)7-2/h6-9,14H2,1-5H3. The zero-order chi connectivity index (χ0) is 13.1. The average molecular weight is 239 g/mol. The third kappa shape index (κ3) is 3.22. The van der Waals surface area contributed by atoms with Crippen molar-refractivity contribution >= 4 is 5.82 Å². The van der Waals surface area contributed by atoms with Crippen molar-refractivity contribution in [3.05, 3.63) is 11.5 Å². The fourth-order valence-electron chi connectivity index (χ4n) is 1.94. The number of imidazole rings is 1. The van der Waals surface area contributed by atoms with Crippen LogP contribution in [0.4, 0.5) is 5.82 Å². The highest BCUT2D eigenvalue weighted by molar-refractivity contribution is 5.39. The third-order valence-electron chi connectivity index (χ3n) is 3.10. The molecule has 0 amide bonds. The molecule has 1 heterocycles. The van der Waals surface area contributed by atoms with Crippen LogP contribution in [0.15, 0.2) is 0 Å². The van der Waals surface area contributed by atoms with Gasteiger partial charge in [-0.05, 0) is 27.2 Å². The number of aryl methyl sites for hydroxylation is 1. The molecule has 0 bridgehead atoms. The maximum Gasteiger partial charge on any atom is 0.126 e. The molecule has 0 aromatic carbocycles. The van der Waals surface area contributed by atoms with E-state index in [9.17, 15) is 0 Å². The monoisotopic (exact) mass is 239 g/mol. The Bertz CT molecular complexity index is 369. The molecule has 1 aromatic heterocycles. The fourth-order valence-corrected chi connectivity index (χ4v) is 1.94. The van der Waals surface area contributed by atoms with Crippen LogP contribution in [0, 0.1) is 0 Å². The van der Waals surface area contributed by atoms with Crippen LogP contribution in [0.2, 0.25) is 0 Å². The SMILES string of the molecule is CCCc1nc(CC(C)(C)OC)c(N)n1CC. The maximum absolute atomic E-state index is 6.15. The van der Waals surface area contributed by atoms with Crippen LogP contribution in [0.25, 0.3) is 0 Å². The summed E-state index contributed by atoms with van der Waals surface area (Å²) < 4.78 is 7.54. The van der Waals surface area contributed by atoms with E-state index in [4.69, 9.17) is 10.5 Å². The number of anilines is 1. The zero-order valence-electron chi connectivity index (χ0n) is 11.7. The third-order valence-corrected chi connectivity index (χ3v) is 3.10. The van der Waals surface area contributed by atoms with Crippen LogP contribution in [0.5, 0.6) is 0 Å². The van der Waals surface area contributed by atoms with E-state index in [1.54, 1.807) is 7.11 Å². The number of hydrogen-bond donors (Lipinski definition) is 1. The normalized spacial score (nSPS) is 12.1. The minimum Gasteiger partial charge on any atom is -0.384 e. The van der Waals surface area contributed by atoms with Gasteiger partial charge in [-0.1, -0.05) is 6.92 Å². The fraction of sp³-hybridized carbons (Fsp3) is 0.769. The summed E-state index contributed by atoms with van der Waals surface area (Å²) >= 11 is 0. The van der Waals surface area contributed by atoms with Gasteiger partial charge in [0.1, 0.15) is 11.6 Å². The highest BCUT2D eigenvalue weighted by Crippen LogP contribution is 2.22. The van der Waals surface area contributed by atoms with Gasteiger partial charge in [-0.25, -0.2) is 4.98 Å². The van der Waals surface area contributed by atoms with Crippen LogP contribution < -0.4 is 5.73 Å². The first kappa shape index (κ1) is 14.0. The van der Waals surface area contributed by atoms with E-state index in [0.29, 0.717) is 0 Å². The molecule has 0 saturated heterocycles. The lowest BCUT2D eigenvalue weighted by Gasteiger charge is -2.21. The first-order chi connectivity index (χ1) is 7.95. The molecule has 98 valence electrons. The number of aromatic nitrogens is 2. The lowest BCUT2D eigenvalue weighted by atomic mass is 10.0. The number of nitrogens with zero attached hydrogens (tertiary/aromatic N) is 2. The van der Waals surface area contributed by atoms with Crippen molar-refractivity contribution in [3.63, 3.8) is 0 Å². The maximum atomic E-state index is 6.15. The second-order valence-corrected chi connectivity index (χ2v) is 4.99. The molecular weight excluding hydrogens is 214 g/mol. The van der Waals surface area contributed by atoms with E-state index < -0.39 is 0 Å². The first-order valence-electron chi connectivity index (χ1n) is 6.34. The lowest BCUT2D eigenvalue weighted by Crippen LogP contribution is -2.26. The number of nitrogen functional groups attached to an aromatic ring is 1. The number of hydrogen-bond acceptors (Lipinski definition) is 3. The Morgan fingerprint density at radius 1 is 1.35 bits per heavy atom. The summed E-state index contributed by atoms with van der Waals surface area (Å²) in [7, 11) is 1.72. The summed E-state index contributed by atoms with van der Waals surface area (Å²) in [6, 6.07) is 0. The van der Waals surface area contributed by atoms with Gasteiger partial charge in [0.15, 0.2) is 0 Å². The van der Waals surface area contributed by atoms with Crippen LogP contribution in [0.1, 0.15) is 45.6 Å². The smallest absolute Gasteiger partial charge is 0.126 e. The molecule has 1 aromatic rings. The molecular formula is C13H25N3O. The van der Waals surface area contributed by atoms with Gasteiger partial charge in [0, 0.05) is 26.5 Å². The average Bonchev–Trinajstić information content (AvgIpc) is 2.55. The zero-order valence-corrected chi connectivity index (χ0v) is 11.7. The van der Waals surface area contributed by atoms with Crippen molar-refractivity contribution in [3.8, 4) is 0 Å². The van der Waals surface area contributed by atoms with Gasteiger partial charge in [0.2, 0.25) is 0 Å². The Hall–Kier alpha value is -1.03. The van der Waals surface area contributed by atoms with Crippen molar-refractivity contribution in [1.29, 1.82) is 0 Å². The van der Waals surface area contributed by atoms with Gasteiger partial charge >= 0.3 is 0 Å². The highest BCUT2D eigenvalue weighted by atomic mass is 16.5. The summed E-state index contributed by atoms with van der Waals surface area (Å²) in [5, 5.41) is 0. The summed E-state index contributed by atoms with van der Waals surface area (Å²) in [5.74, 6) is 1.88. The molecule has 0 atom stereocenters. The molecule has 0 aliphatic heterocycles. The molecule has 4 heteroatoms. The topological polar surface area (TPSA) is 53.1 Å². The van der Waals surface area contributed by atoms with Crippen LogP contribution in [-0.2, 0) is 24.1 Å². The Balaban J connectivity index is 3.01. The molecule has 0 unspecified atom stereocenters.